The summed E-state index contributed by atoms with van der Waals surface area (Å²) < 4.78 is 0. The third-order valence-corrected chi connectivity index (χ3v) is 6.47. The molecule has 0 fully saturated rings. The Hall–Kier alpha value is -2.04. The average molecular weight is 336 g/mol. The highest BCUT2D eigenvalue weighted by atomic mass is 32.2. The van der Waals surface area contributed by atoms with E-state index in [4.69, 9.17) is 11.5 Å². The van der Waals surface area contributed by atoms with Crippen LogP contribution in [0.3, 0.4) is 0 Å². The zero-order chi connectivity index (χ0) is 16.0. The van der Waals surface area contributed by atoms with Gasteiger partial charge in [0.05, 0.1) is 0 Å². The van der Waals surface area contributed by atoms with Crippen LogP contribution in [-0.4, -0.2) is 0 Å². The van der Waals surface area contributed by atoms with Gasteiger partial charge in [-0.1, -0.05) is 53.4 Å². The van der Waals surface area contributed by atoms with Gasteiger partial charge in [0, 0.05) is 36.5 Å². The fourth-order valence-corrected chi connectivity index (χ4v) is 5.15. The van der Waals surface area contributed by atoms with E-state index in [1.54, 1.807) is 23.5 Å². The van der Waals surface area contributed by atoms with Gasteiger partial charge in [-0.15, -0.1) is 0 Å². The first-order valence-electron chi connectivity index (χ1n) is 7.36. The SMILES string of the molecule is Cc1ccc(-c2c(N)ccc3c2Sc2ccc(N)cc2S3)cc1. The minimum Gasteiger partial charge on any atom is -0.399 e. The molecule has 1 aliphatic rings. The maximum atomic E-state index is 6.32. The maximum absolute atomic E-state index is 6.32. The third-order valence-electron chi connectivity index (χ3n) is 3.89. The highest BCUT2D eigenvalue weighted by Gasteiger charge is 2.22. The lowest BCUT2D eigenvalue weighted by Crippen LogP contribution is -1.98. The molecule has 0 atom stereocenters. The normalized spacial score (nSPS) is 12.6. The van der Waals surface area contributed by atoms with Gasteiger partial charge in [0.2, 0.25) is 0 Å². The third kappa shape index (κ3) is 2.58. The van der Waals surface area contributed by atoms with E-state index < -0.39 is 0 Å². The van der Waals surface area contributed by atoms with Crippen molar-refractivity contribution in [2.75, 3.05) is 11.5 Å². The molecular weight excluding hydrogens is 320 g/mol. The van der Waals surface area contributed by atoms with Gasteiger partial charge in [0.25, 0.3) is 0 Å². The molecule has 0 unspecified atom stereocenters. The summed E-state index contributed by atoms with van der Waals surface area (Å²) in [7, 11) is 0. The Morgan fingerprint density at radius 3 is 2.26 bits per heavy atom. The van der Waals surface area contributed by atoms with Gasteiger partial charge in [0.1, 0.15) is 0 Å². The van der Waals surface area contributed by atoms with Crippen molar-refractivity contribution >= 4 is 34.9 Å². The molecule has 1 aliphatic heterocycles. The molecule has 4 rings (SSSR count). The fourth-order valence-electron chi connectivity index (χ4n) is 2.70. The Morgan fingerprint density at radius 1 is 0.739 bits per heavy atom. The van der Waals surface area contributed by atoms with Gasteiger partial charge < -0.3 is 11.5 Å². The van der Waals surface area contributed by atoms with Gasteiger partial charge in [0.15, 0.2) is 0 Å². The molecule has 0 bridgehead atoms. The van der Waals surface area contributed by atoms with E-state index in [0.29, 0.717) is 0 Å². The van der Waals surface area contributed by atoms with E-state index in [9.17, 15) is 0 Å². The second-order valence-electron chi connectivity index (χ2n) is 5.63. The molecule has 4 heteroatoms. The van der Waals surface area contributed by atoms with Crippen LogP contribution in [0.4, 0.5) is 11.4 Å². The average Bonchev–Trinajstić information content (AvgIpc) is 2.54. The summed E-state index contributed by atoms with van der Waals surface area (Å²) in [6.45, 7) is 2.10. The Balaban J connectivity index is 1.88. The number of rotatable bonds is 1. The molecule has 0 spiro atoms. The monoisotopic (exact) mass is 336 g/mol. The van der Waals surface area contributed by atoms with Crippen LogP contribution in [0, 0.1) is 6.92 Å². The highest BCUT2D eigenvalue weighted by Crippen LogP contribution is 2.53. The predicted molar refractivity (Wildman–Crippen MR) is 100 cm³/mol. The van der Waals surface area contributed by atoms with Crippen LogP contribution >= 0.6 is 23.5 Å². The van der Waals surface area contributed by atoms with Crippen molar-refractivity contribution in [3.05, 3.63) is 60.2 Å². The minimum absolute atomic E-state index is 0.800. The van der Waals surface area contributed by atoms with Crippen LogP contribution in [0.2, 0.25) is 0 Å². The topological polar surface area (TPSA) is 52.0 Å². The number of nitrogen functional groups attached to an aromatic ring is 2. The second-order valence-corrected chi connectivity index (χ2v) is 7.77. The molecule has 23 heavy (non-hydrogen) atoms. The predicted octanol–water partition coefficient (Wildman–Crippen LogP) is 5.44. The van der Waals surface area contributed by atoms with E-state index in [1.165, 1.54) is 25.1 Å². The Bertz CT molecular complexity index is 902. The number of fused-ring (bicyclic) bond motifs is 2. The fraction of sp³-hybridized carbons (Fsp3) is 0.0526. The zero-order valence-electron chi connectivity index (χ0n) is 12.7. The largest absolute Gasteiger partial charge is 0.399 e. The van der Waals surface area contributed by atoms with Gasteiger partial charge in [-0.2, -0.15) is 0 Å². The van der Waals surface area contributed by atoms with Crippen molar-refractivity contribution in [1.29, 1.82) is 0 Å². The maximum Gasteiger partial charge on any atom is 0.0406 e. The molecule has 0 saturated carbocycles. The van der Waals surface area contributed by atoms with Crippen molar-refractivity contribution in [2.45, 2.75) is 26.5 Å². The summed E-state index contributed by atoms with van der Waals surface area (Å²) in [4.78, 5) is 4.91. The Morgan fingerprint density at radius 2 is 1.48 bits per heavy atom. The molecule has 4 N–H and O–H groups in total. The van der Waals surface area contributed by atoms with Crippen molar-refractivity contribution in [2.24, 2.45) is 0 Å². The first kappa shape index (κ1) is 14.5. The molecule has 1 heterocycles. The molecular formula is C19H16N2S2. The van der Waals surface area contributed by atoms with Crippen molar-refractivity contribution in [1.82, 2.24) is 0 Å². The highest BCUT2D eigenvalue weighted by molar-refractivity contribution is 8.05. The summed E-state index contributed by atoms with van der Waals surface area (Å²) in [6.07, 6.45) is 0. The number of anilines is 2. The van der Waals surface area contributed by atoms with E-state index >= 15 is 0 Å². The molecule has 0 aromatic heterocycles. The van der Waals surface area contributed by atoms with Gasteiger partial charge in [-0.3, -0.25) is 0 Å². The van der Waals surface area contributed by atoms with Crippen LogP contribution in [0.15, 0.2) is 74.2 Å². The number of aryl methyl sites for hydroxylation is 1. The summed E-state index contributed by atoms with van der Waals surface area (Å²) in [5.41, 5.74) is 17.4. The van der Waals surface area contributed by atoms with E-state index in [1.807, 2.05) is 18.2 Å². The minimum atomic E-state index is 0.800. The second kappa shape index (κ2) is 5.55. The molecule has 3 aromatic carbocycles. The summed E-state index contributed by atoms with van der Waals surface area (Å²) in [5, 5.41) is 0. The van der Waals surface area contributed by atoms with Gasteiger partial charge in [-0.25, -0.2) is 0 Å². The van der Waals surface area contributed by atoms with E-state index in [2.05, 4.69) is 43.3 Å². The molecule has 0 aliphatic carbocycles. The quantitative estimate of drug-likeness (QED) is 0.454. The van der Waals surface area contributed by atoms with Crippen LogP contribution < -0.4 is 11.5 Å². The molecule has 3 aromatic rings. The van der Waals surface area contributed by atoms with Crippen molar-refractivity contribution in [3.8, 4) is 11.1 Å². The number of nitrogens with two attached hydrogens (primary N) is 2. The number of benzene rings is 3. The summed E-state index contributed by atoms with van der Waals surface area (Å²) in [5.74, 6) is 0. The van der Waals surface area contributed by atoms with Crippen molar-refractivity contribution < 1.29 is 0 Å². The lowest BCUT2D eigenvalue weighted by molar-refractivity contribution is 1.16. The zero-order valence-corrected chi connectivity index (χ0v) is 14.3. The van der Waals surface area contributed by atoms with Crippen LogP contribution in [0.1, 0.15) is 5.56 Å². The molecule has 0 radical (unpaired) electrons. The smallest absolute Gasteiger partial charge is 0.0406 e. The molecule has 0 saturated heterocycles. The van der Waals surface area contributed by atoms with Crippen LogP contribution in [0.5, 0.6) is 0 Å². The molecule has 0 amide bonds. The van der Waals surface area contributed by atoms with E-state index in [0.717, 1.165) is 22.5 Å². The molecule has 2 nitrogen and oxygen atoms in total. The number of hydrogen-bond donors (Lipinski definition) is 2. The first-order chi connectivity index (χ1) is 11.1. The lowest BCUT2D eigenvalue weighted by Gasteiger charge is -2.22. The van der Waals surface area contributed by atoms with Crippen molar-refractivity contribution in [3.63, 3.8) is 0 Å². The first-order valence-corrected chi connectivity index (χ1v) is 9.00. The standard InChI is InChI=1S/C19H16N2S2/c1-11-2-4-12(5-3-11)18-14(21)7-9-16-19(18)23-15-8-6-13(20)10-17(15)22-16/h2-10H,20-21H2,1H3. The van der Waals surface area contributed by atoms with Crippen LogP contribution in [0.25, 0.3) is 11.1 Å². The Labute approximate surface area is 144 Å². The Kier molecular flexibility index (Phi) is 3.51. The summed E-state index contributed by atoms with van der Waals surface area (Å²) >= 11 is 3.54. The van der Waals surface area contributed by atoms with Gasteiger partial charge >= 0.3 is 0 Å². The summed E-state index contributed by atoms with van der Waals surface area (Å²) in [6, 6.07) is 18.7. The molecule has 114 valence electrons. The number of hydrogen-bond acceptors (Lipinski definition) is 4. The van der Waals surface area contributed by atoms with E-state index in [-0.39, 0.29) is 0 Å². The van der Waals surface area contributed by atoms with Gasteiger partial charge in [-0.05, 0) is 42.8 Å². The lowest BCUT2D eigenvalue weighted by atomic mass is 10.0. The van der Waals surface area contributed by atoms with Crippen LogP contribution in [-0.2, 0) is 0 Å².